The molecule has 2 aliphatic carbocycles. The van der Waals surface area contributed by atoms with E-state index in [0.717, 1.165) is 11.1 Å². The van der Waals surface area contributed by atoms with E-state index in [1.165, 1.54) is 0 Å². The third-order valence-electron chi connectivity index (χ3n) is 2.25. The highest BCUT2D eigenvalue weighted by molar-refractivity contribution is 6.08. The van der Waals surface area contributed by atoms with E-state index < -0.39 is 0 Å². The fourth-order valence-corrected chi connectivity index (χ4v) is 1.36. The maximum atomic E-state index is 9.12. The number of rotatable bonds is 2. The zero-order chi connectivity index (χ0) is 11.4. The minimum atomic E-state index is 0.266. The van der Waals surface area contributed by atoms with E-state index in [1.54, 1.807) is 24.6 Å². The molecule has 0 aromatic carbocycles. The van der Waals surface area contributed by atoms with Crippen LogP contribution >= 0.6 is 0 Å². The second kappa shape index (κ2) is 4.53. The number of allylic oxidation sites excluding steroid dienone is 10. The Morgan fingerprint density at radius 2 is 1.75 bits per heavy atom. The molecule has 0 heterocycles. The van der Waals surface area contributed by atoms with E-state index in [9.17, 15) is 0 Å². The summed E-state index contributed by atoms with van der Waals surface area (Å²) < 4.78 is 0. The van der Waals surface area contributed by atoms with Gasteiger partial charge in [-0.15, -0.1) is 0 Å². The van der Waals surface area contributed by atoms with Crippen molar-refractivity contribution in [2.45, 2.75) is 0 Å². The van der Waals surface area contributed by atoms with Crippen LogP contribution in [-0.2, 0) is 0 Å². The normalized spacial score (nSPS) is 18.2. The molecule has 0 atom stereocenters. The average Bonchev–Trinajstić information content (AvgIpc) is 2.30. The summed E-state index contributed by atoms with van der Waals surface area (Å²) in [5.74, 6) is 0. The highest BCUT2D eigenvalue weighted by atomic mass is 14.4. The SMILES string of the molecule is [N-]=C1C=CC(=C[CH+]C2=C[CH+]C(=[N-])C=C2)C=C1. The lowest BCUT2D eigenvalue weighted by Crippen LogP contribution is -1.96. The molecule has 0 radical (unpaired) electrons. The number of hydrogen-bond acceptors (Lipinski definition) is 0. The first-order chi connectivity index (χ1) is 7.74. The Hall–Kier alpha value is -2.22. The first kappa shape index (κ1) is 10.3. The molecular weight excluding hydrogens is 196 g/mol. The third-order valence-corrected chi connectivity index (χ3v) is 2.25. The Bertz CT molecular complexity index is 453. The van der Waals surface area contributed by atoms with Crippen LogP contribution in [0.15, 0.2) is 59.8 Å². The first-order valence-electron chi connectivity index (χ1n) is 5.00. The van der Waals surface area contributed by atoms with Gasteiger partial charge in [-0.2, -0.15) is 5.71 Å². The van der Waals surface area contributed by atoms with Crippen LogP contribution in [0, 0.1) is 12.8 Å². The molecular formula is C14H10N2. The molecule has 0 amide bonds. The standard InChI is InChI=1S/C14H10N2/c15-13-7-3-11(4-8-13)1-2-12-5-9-14(16)10-6-12/h1-10H. The summed E-state index contributed by atoms with van der Waals surface area (Å²) >= 11 is 0. The van der Waals surface area contributed by atoms with Crippen molar-refractivity contribution < 1.29 is 0 Å². The summed E-state index contributed by atoms with van der Waals surface area (Å²) in [5, 5.41) is 18.2. The van der Waals surface area contributed by atoms with Gasteiger partial charge in [-0.25, -0.2) is 0 Å². The van der Waals surface area contributed by atoms with E-state index in [4.69, 9.17) is 10.8 Å². The van der Waals surface area contributed by atoms with Crippen LogP contribution in [0.3, 0.4) is 0 Å². The van der Waals surface area contributed by atoms with E-state index >= 15 is 0 Å². The van der Waals surface area contributed by atoms with Crippen molar-refractivity contribution >= 4 is 11.4 Å². The molecule has 0 fully saturated rings. The van der Waals surface area contributed by atoms with Crippen LogP contribution in [0.4, 0.5) is 0 Å². The Morgan fingerprint density at radius 1 is 1.00 bits per heavy atom. The molecule has 0 saturated heterocycles. The summed E-state index contributed by atoms with van der Waals surface area (Å²) in [4.78, 5) is 0. The quantitative estimate of drug-likeness (QED) is 0.623. The zero-order valence-corrected chi connectivity index (χ0v) is 8.67. The Labute approximate surface area is 95.4 Å². The van der Waals surface area contributed by atoms with Gasteiger partial charge in [0.1, 0.15) is 12.2 Å². The van der Waals surface area contributed by atoms with Gasteiger partial charge in [0, 0.05) is 11.6 Å². The lowest BCUT2D eigenvalue weighted by Gasteiger charge is -2.03. The van der Waals surface area contributed by atoms with Crippen LogP contribution in [0.1, 0.15) is 0 Å². The summed E-state index contributed by atoms with van der Waals surface area (Å²) in [6, 6.07) is 0. The predicted molar refractivity (Wildman–Crippen MR) is 68.9 cm³/mol. The Kier molecular flexibility index (Phi) is 2.92. The van der Waals surface area contributed by atoms with Crippen LogP contribution in [0.25, 0.3) is 10.8 Å². The van der Waals surface area contributed by atoms with Crippen molar-refractivity contribution in [3.8, 4) is 0 Å². The van der Waals surface area contributed by atoms with Crippen molar-refractivity contribution in [1.82, 2.24) is 0 Å². The van der Waals surface area contributed by atoms with Crippen LogP contribution in [0.5, 0.6) is 0 Å². The van der Waals surface area contributed by atoms with Gasteiger partial charge in [0.15, 0.2) is 5.57 Å². The lowest BCUT2D eigenvalue weighted by molar-refractivity contribution is 1.50. The van der Waals surface area contributed by atoms with Gasteiger partial charge in [0.25, 0.3) is 0 Å². The molecule has 0 unspecified atom stereocenters. The van der Waals surface area contributed by atoms with Crippen LogP contribution < -0.4 is 0 Å². The van der Waals surface area contributed by atoms with Crippen molar-refractivity contribution in [3.05, 3.63) is 83.4 Å². The fraction of sp³-hybridized carbons (Fsp3) is 0. The molecule has 0 aromatic rings. The summed E-state index contributed by atoms with van der Waals surface area (Å²) in [6.07, 6.45) is 17.9. The van der Waals surface area contributed by atoms with Crippen molar-refractivity contribution in [2.75, 3.05) is 0 Å². The van der Waals surface area contributed by atoms with E-state index in [2.05, 4.69) is 0 Å². The van der Waals surface area contributed by atoms with Crippen LogP contribution in [-0.4, -0.2) is 11.4 Å². The van der Waals surface area contributed by atoms with Gasteiger partial charge in [-0.1, -0.05) is 12.2 Å². The summed E-state index contributed by atoms with van der Waals surface area (Å²) in [6.45, 7) is 0. The molecule has 0 aliphatic heterocycles. The zero-order valence-electron chi connectivity index (χ0n) is 8.67. The maximum Gasteiger partial charge on any atom is 0.196 e. The molecule has 2 nitrogen and oxygen atoms in total. The molecule has 2 rings (SSSR count). The largest absolute Gasteiger partial charge is 0.804 e. The average molecular weight is 206 g/mol. The highest BCUT2D eigenvalue weighted by Crippen LogP contribution is 2.14. The second-order valence-corrected chi connectivity index (χ2v) is 3.52. The molecule has 0 bridgehead atoms. The minimum absolute atomic E-state index is 0.266. The van der Waals surface area contributed by atoms with Gasteiger partial charge in [0.2, 0.25) is 0 Å². The van der Waals surface area contributed by atoms with Crippen LogP contribution in [0.2, 0.25) is 0 Å². The van der Waals surface area contributed by atoms with E-state index in [0.29, 0.717) is 0 Å². The highest BCUT2D eigenvalue weighted by Gasteiger charge is 2.11. The molecule has 16 heavy (non-hydrogen) atoms. The predicted octanol–water partition coefficient (Wildman–Crippen LogP) is 2.96. The molecule has 0 aromatic heterocycles. The monoisotopic (exact) mass is 206 g/mol. The molecule has 0 N–H and O–H groups in total. The summed E-state index contributed by atoms with van der Waals surface area (Å²) in [7, 11) is 0. The van der Waals surface area contributed by atoms with Crippen molar-refractivity contribution in [3.63, 3.8) is 0 Å². The van der Waals surface area contributed by atoms with Gasteiger partial charge in [-0.3, -0.25) is 0 Å². The minimum Gasteiger partial charge on any atom is -0.804 e. The molecule has 2 aliphatic rings. The lowest BCUT2D eigenvalue weighted by atomic mass is 10.0. The van der Waals surface area contributed by atoms with Gasteiger partial charge in [-0.05, 0) is 17.9 Å². The summed E-state index contributed by atoms with van der Waals surface area (Å²) in [5.41, 5.74) is 2.57. The van der Waals surface area contributed by atoms with Gasteiger partial charge in [0.05, 0.1) is 18.9 Å². The molecule has 0 saturated carbocycles. The first-order valence-corrected chi connectivity index (χ1v) is 5.00. The molecule has 2 heteroatoms. The number of hydrogen-bond donors (Lipinski definition) is 0. The Balaban J connectivity index is 1.98. The van der Waals surface area contributed by atoms with E-state index in [1.807, 2.05) is 36.8 Å². The molecule has 0 spiro atoms. The fourth-order valence-electron chi connectivity index (χ4n) is 1.36. The van der Waals surface area contributed by atoms with E-state index in [-0.39, 0.29) is 11.4 Å². The third kappa shape index (κ3) is 2.64. The van der Waals surface area contributed by atoms with Crippen molar-refractivity contribution in [2.24, 2.45) is 0 Å². The smallest absolute Gasteiger partial charge is 0.196 e. The Morgan fingerprint density at radius 3 is 2.38 bits per heavy atom. The molecule has 76 valence electrons. The van der Waals surface area contributed by atoms with Gasteiger partial charge < -0.3 is 10.8 Å². The van der Waals surface area contributed by atoms with Gasteiger partial charge >= 0.3 is 0 Å². The second-order valence-electron chi connectivity index (χ2n) is 3.52. The topological polar surface area (TPSA) is 44.6 Å². The maximum absolute atomic E-state index is 9.12. The van der Waals surface area contributed by atoms with Crippen molar-refractivity contribution in [1.29, 1.82) is 0 Å². The number of nitrogens with zero attached hydrogens (tertiary/aromatic N) is 2.